The molecule has 3 heterocycles. The number of benzene rings is 1. The summed E-state index contributed by atoms with van der Waals surface area (Å²) < 4.78 is 71.0. The summed E-state index contributed by atoms with van der Waals surface area (Å²) in [6.45, 7) is 5.53. The van der Waals surface area contributed by atoms with Gasteiger partial charge in [0.25, 0.3) is 0 Å². The van der Waals surface area contributed by atoms with Crippen molar-refractivity contribution in [3.05, 3.63) is 42.9 Å². The van der Waals surface area contributed by atoms with E-state index in [1.54, 1.807) is 7.11 Å². The van der Waals surface area contributed by atoms with E-state index in [1.807, 2.05) is 36.8 Å². The summed E-state index contributed by atoms with van der Waals surface area (Å²) in [6, 6.07) is 8.10. The van der Waals surface area contributed by atoms with Crippen molar-refractivity contribution in [2.75, 3.05) is 44.7 Å². The molecule has 0 bridgehead atoms. The number of hydrogen-bond donors (Lipinski definition) is 2. The van der Waals surface area contributed by atoms with E-state index in [0.717, 1.165) is 60.6 Å². The monoisotopic (exact) mass is 591 g/mol. The van der Waals surface area contributed by atoms with E-state index in [2.05, 4.69) is 25.3 Å². The summed E-state index contributed by atoms with van der Waals surface area (Å²) in [5, 5.41) is 14.2. The van der Waals surface area contributed by atoms with Crippen molar-refractivity contribution in [3.8, 4) is 17.0 Å². The maximum absolute atomic E-state index is 10.6. The Morgan fingerprint density at radius 1 is 0.976 bits per heavy atom. The lowest BCUT2D eigenvalue weighted by molar-refractivity contribution is -0.193. The third-order valence-corrected chi connectivity index (χ3v) is 6.15. The average Bonchev–Trinajstić information content (AvgIpc) is 3.63. The lowest BCUT2D eigenvalue weighted by atomic mass is 10.1. The molecule has 2 fully saturated rings. The second kappa shape index (κ2) is 13.1. The molecule has 3 aromatic rings. The average molecular weight is 592 g/mol. The van der Waals surface area contributed by atoms with Gasteiger partial charge in [-0.25, -0.2) is 19.6 Å². The van der Waals surface area contributed by atoms with Crippen LogP contribution in [0.5, 0.6) is 5.75 Å². The van der Waals surface area contributed by atoms with Crippen molar-refractivity contribution in [2.45, 2.75) is 25.2 Å². The summed E-state index contributed by atoms with van der Waals surface area (Å²) in [5.74, 6) is -2.72. The second-order valence-electron chi connectivity index (χ2n) is 9.16. The van der Waals surface area contributed by atoms with Gasteiger partial charge in [-0.2, -0.15) is 26.3 Å². The molecule has 224 valence electrons. The fourth-order valence-corrected chi connectivity index (χ4v) is 3.93. The number of carboxylic acids is 2. The molecule has 16 heteroatoms. The molecular formula is C25H27F6N5O5. The van der Waals surface area contributed by atoms with Crippen LogP contribution in [0.2, 0.25) is 0 Å². The van der Waals surface area contributed by atoms with Gasteiger partial charge in [-0.1, -0.05) is 12.1 Å². The fraction of sp³-hybridized carbons (Fsp3) is 0.440. The van der Waals surface area contributed by atoms with Crippen LogP contribution in [0.3, 0.4) is 0 Å². The number of methoxy groups -OCH3 is 1. The summed E-state index contributed by atoms with van der Waals surface area (Å²) in [6.07, 6.45) is -1.53. The number of halogens is 6. The Balaban J connectivity index is 0.000000276. The summed E-state index contributed by atoms with van der Waals surface area (Å²) >= 11 is 0. The van der Waals surface area contributed by atoms with E-state index in [9.17, 15) is 26.3 Å². The predicted octanol–water partition coefficient (Wildman–Crippen LogP) is 4.20. The zero-order valence-electron chi connectivity index (χ0n) is 21.7. The Morgan fingerprint density at radius 2 is 1.56 bits per heavy atom. The number of nitrogens with zero attached hydrogens (tertiary/aromatic N) is 5. The molecule has 0 radical (unpaired) electrons. The summed E-state index contributed by atoms with van der Waals surface area (Å²) in [4.78, 5) is 32.1. The number of carbonyl (C=O) groups is 2. The highest BCUT2D eigenvalue weighted by atomic mass is 19.4. The number of carboxylic acid groups (broad SMARTS) is 2. The standard InChI is InChI=1S/C21H25N5O.2C2HF3O2/c1-27-18-4-2-3-17(13-18)19-14-23-21-20(22-7-8-26(19)21)25-11-9-24(10-12-25)15-16-5-6-16;2*3-2(4,5)1(6)7/h2-4,7-8,13-14,16H,5-6,9-12,15H2,1H3;2*(H,6,7). The van der Waals surface area contributed by atoms with E-state index < -0.39 is 24.3 Å². The van der Waals surface area contributed by atoms with Crippen molar-refractivity contribution < 1.29 is 50.9 Å². The molecule has 41 heavy (non-hydrogen) atoms. The molecule has 2 N–H and O–H groups in total. The van der Waals surface area contributed by atoms with Gasteiger partial charge in [0.15, 0.2) is 11.5 Å². The molecule has 1 aliphatic carbocycles. The van der Waals surface area contributed by atoms with Gasteiger partial charge in [-0.15, -0.1) is 0 Å². The van der Waals surface area contributed by atoms with Crippen LogP contribution in [-0.4, -0.2) is 93.6 Å². The molecule has 2 aliphatic rings. The lowest BCUT2D eigenvalue weighted by Crippen LogP contribution is -2.47. The quantitative estimate of drug-likeness (QED) is 0.421. The number of piperazine rings is 1. The molecule has 10 nitrogen and oxygen atoms in total. The molecule has 0 amide bonds. The first-order valence-corrected chi connectivity index (χ1v) is 12.2. The molecule has 1 aromatic carbocycles. The van der Waals surface area contributed by atoms with Crippen LogP contribution in [0.15, 0.2) is 42.9 Å². The molecule has 0 atom stereocenters. The van der Waals surface area contributed by atoms with E-state index in [4.69, 9.17) is 29.5 Å². The van der Waals surface area contributed by atoms with Gasteiger partial charge in [-0.05, 0) is 30.9 Å². The van der Waals surface area contributed by atoms with E-state index >= 15 is 0 Å². The highest BCUT2D eigenvalue weighted by Gasteiger charge is 2.39. The Kier molecular flexibility index (Phi) is 10.0. The van der Waals surface area contributed by atoms with E-state index in [0.29, 0.717) is 0 Å². The number of aromatic nitrogens is 3. The first kappa shape index (κ1) is 31.4. The van der Waals surface area contributed by atoms with Crippen molar-refractivity contribution in [1.82, 2.24) is 19.3 Å². The van der Waals surface area contributed by atoms with E-state index in [1.165, 1.54) is 19.4 Å². The second-order valence-corrected chi connectivity index (χ2v) is 9.16. The number of ether oxygens (including phenoxy) is 1. The van der Waals surface area contributed by atoms with Crippen LogP contribution < -0.4 is 9.64 Å². The van der Waals surface area contributed by atoms with Crippen molar-refractivity contribution >= 4 is 23.4 Å². The fourth-order valence-electron chi connectivity index (χ4n) is 3.93. The highest BCUT2D eigenvalue weighted by Crippen LogP contribution is 2.31. The first-order valence-electron chi connectivity index (χ1n) is 12.2. The van der Waals surface area contributed by atoms with Crippen LogP contribution in [-0.2, 0) is 9.59 Å². The minimum Gasteiger partial charge on any atom is -0.497 e. The maximum atomic E-state index is 10.6. The van der Waals surface area contributed by atoms with Gasteiger partial charge < -0.3 is 19.8 Å². The third kappa shape index (κ3) is 8.96. The third-order valence-electron chi connectivity index (χ3n) is 6.15. The minimum absolute atomic E-state index is 0.850. The maximum Gasteiger partial charge on any atom is 0.490 e. The van der Waals surface area contributed by atoms with Crippen LogP contribution in [0.4, 0.5) is 32.2 Å². The van der Waals surface area contributed by atoms with Gasteiger partial charge in [0.05, 0.1) is 19.0 Å². The van der Waals surface area contributed by atoms with Crippen molar-refractivity contribution in [1.29, 1.82) is 0 Å². The molecule has 0 spiro atoms. The Labute approximate surface area is 229 Å². The molecular weight excluding hydrogens is 564 g/mol. The van der Waals surface area contributed by atoms with Gasteiger partial charge in [0, 0.05) is 50.7 Å². The van der Waals surface area contributed by atoms with Crippen LogP contribution in [0.1, 0.15) is 12.8 Å². The van der Waals surface area contributed by atoms with Crippen LogP contribution in [0, 0.1) is 5.92 Å². The number of rotatable bonds is 5. The number of alkyl halides is 6. The van der Waals surface area contributed by atoms with Crippen molar-refractivity contribution in [2.24, 2.45) is 5.92 Å². The summed E-state index contributed by atoms with van der Waals surface area (Å²) in [7, 11) is 1.69. The Hall–Kier alpha value is -4.08. The van der Waals surface area contributed by atoms with Crippen LogP contribution in [0.25, 0.3) is 16.9 Å². The smallest absolute Gasteiger partial charge is 0.490 e. The number of fused-ring (bicyclic) bond motifs is 1. The number of imidazole rings is 1. The van der Waals surface area contributed by atoms with Gasteiger partial charge in [0.1, 0.15) is 5.75 Å². The molecule has 5 rings (SSSR count). The zero-order chi connectivity index (χ0) is 30.4. The van der Waals surface area contributed by atoms with Gasteiger partial charge >= 0.3 is 24.3 Å². The number of hydrogen-bond acceptors (Lipinski definition) is 7. The highest BCUT2D eigenvalue weighted by molar-refractivity contribution is 5.73. The van der Waals surface area contributed by atoms with Crippen molar-refractivity contribution in [3.63, 3.8) is 0 Å². The molecule has 1 saturated heterocycles. The first-order chi connectivity index (χ1) is 19.2. The largest absolute Gasteiger partial charge is 0.497 e. The van der Waals surface area contributed by atoms with Gasteiger partial charge in [0.2, 0.25) is 0 Å². The topological polar surface area (TPSA) is 121 Å². The normalized spacial score (nSPS) is 15.8. The lowest BCUT2D eigenvalue weighted by Gasteiger charge is -2.35. The SMILES string of the molecule is COc1cccc(-c2cnc3c(N4CCN(CC5CC5)CC4)nccn23)c1.O=C(O)C(F)(F)F.O=C(O)C(F)(F)F. The molecule has 2 aromatic heterocycles. The molecule has 1 saturated carbocycles. The van der Waals surface area contributed by atoms with Gasteiger partial charge in [-0.3, -0.25) is 9.30 Å². The number of aliphatic carboxylic acids is 2. The summed E-state index contributed by atoms with van der Waals surface area (Å²) in [5.41, 5.74) is 3.07. The zero-order valence-corrected chi connectivity index (χ0v) is 21.7. The Morgan fingerprint density at radius 3 is 2.07 bits per heavy atom. The van der Waals surface area contributed by atoms with Crippen LogP contribution >= 0.6 is 0 Å². The molecule has 0 unspecified atom stereocenters. The molecule has 1 aliphatic heterocycles. The minimum atomic E-state index is -5.08. The van der Waals surface area contributed by atoms with E-state index in [-0.39, 0.29) is 0 Å². The Bertz CT molecular complexity index is 1310. The number of anilines is 1. The predicted molar refractivity (Wildman–Crippen MR) is 134 cm³/mol.